The van der Waals surface area contributed by atoms with Crippen molar-refractivity contribution in [3.8, 4) is 0 Å². The largest absolute Gasteiger partial charge is 0.0610 e. The number of hydrogen-bond acceptors (Lipinski definition) is 0. The van der Waals surface area contributed by atoms with Gasteiger partial charge in [-0.3, -0.25) is 0 Å². The molecule has 0 unspecified atom stereocenters. The lowest BCUT2D eigenvalue weighted by Gasteiger charge is -2.09. The summed E-state index contributed by atoms with van der Waals surface area (Å²) < 4.78 is 0. The molecule has 0 heterocycles. The minimum atomic E-state index is 1.34. The molecule has 0 bridgehead atoms. The van der Waals surface area contributed by atoms with Crippen molar-refractivity contribution in [1.82, 2.24) is 0 Å². The molecule has 0 aliphatic carbocycles. The zero-order chi connectivity index (χ0) is 31.6. The molecule has 0 radical (unpaired) electrons. The fraction of sp³-hybridized carbons (Fsp3) is 0. The SMILES string of the molecule is c1cc2ccc3cccc4ccc(c1)c2c34.c1cc2ccc3cccc4ccc(c1)c2c34.c1cc2ccc3cccc4ccc(c1)c2c34. The summed E-state index contributed by atoms with van der Waals surface area (Å²) in [5.41, 5.74) is 0. The molecule has 222 valence electrons. The average molecular weight is 607 g/mol. The van der Waals surface area contributed by atoms with Crippen LogP contribution in [0.2, 0.25) is 0 Å². The quantitative estimate of drug-likeness (QED) is 0.151. The molecule has 0 N–H and O–H groups in total. The molecule has 0 saturated carbocycles. The van der Waals surface area contributed by atoms with Crippen LogP contribution in [0.15, 0.2) is 182 Å². The lowest BCUT2D eigenvalue weighted by molar-refractivity contribution is 1.78. The molecule has 0 saturated heterocycles. The summed E-state index contributed by atoms with van der Waals surface area (Å²) in [6.45, 7) is 0. The Labute approximate surface area is 278 Å². The minimum absolute atomic E-state index is 1.34. The molecule has 0 aromatic heterocycles. The van der Waals surface area contributed by atoms with Crippen LogP contribution >= 0.6 is 0 Å². The predicted octanol–water partition coefficient (Wildman–Crippen LogP) is 13.8. The van der Waals surface area contributed by atoms with E-state index < -0.39 is 0 Å². The summed E-state index contributed by atoms with van der Waals surface area (Å²) >= 11 is 0. The topological polar surface area (TPSA) is 0 Å². The maximum atomic E-state index is 2.21. The Morgan fingerprint density at radius 2 is 0.229 bits per heavy atom. The van der Waals surface area contributed by atoms with E-state index in [1.165, 1.54) is 97.0 Å². The van der Waals surface area contributed by atoms with Crippen LogP contribution in [0, 0.1) is 0 Å². The summed E-state index contributed by atoms with van der Waals surface area (Å²) in [6.07, 6.45) is 0. The second kappa shape index (κ2) is 10.7. The summed E-state index contributed by atoms with van der Waals surface area (Å²) in [6, 6.07) is 65.6. The maximum absolute atomic E-state index is 2.21. The van der Waals surface area contributed by atoms with E-state index in [0.717, 1.165) is 0 Å². The van der Waals surface area contributed by atoms with Gasteiger partial charge in [0.1, 0.15) is 0 Å². The molecule has 0 aliphatic rings. The van der Waals surface area contributed by atoms with E-state index in [4.69, 9.17) is 0 Å². The van der Waals surface area contributed by atoms with E-state index >= 15 is 0 Å². The van der Waals surface area contributed by atoms with E-state index in [1.54, 1.807) is 0 Å². The Hall–Kier alpha value is -6.24. The molecular weight excluding hydrogens is 577 g/mol. The smallest absolute Gasteiger partial charge is 0.00268 e. The van der Waals surface area contributed by atoms with Gasteiger partial charge in [0.15, 0.2) is 0 Å². The highest BCUT2D eigenvalue weighted by atomic mass is 14.1. The number of rotatable bonds is 0. The van der Waals surface area contributed by atoms with Crippen LogP contribution in [-0.2, 0) is 0 Å². The Morgan fingerprint density at radius 3 is 0.333 bits per heavy atom. The molecule has 0 heteroatoms. The molecule has 0 nitrogen and oxygen atoms in total. The van der Waals surface area contributed by atoms with Crippen molar-refractivity contribution in [1.29, 1.82) is 0 Å². The van der Waals surface area contributed by atoms with E-state index in [2.05, 4.69) is 182 Å². The van der Waals surface area contributed by atoms with Gasteiger partial charge < -0.3 is 0 Å². The molecule has 12 aromatic rings. The van der Waals surface area contributed by atoms with E-state index in [-0.39, 0.29) is 0 Å². The van der Waals surface area contributed by atoms with Gasteiger partial charge >= 0.3 is 0 Å². The first-order valence-electron chi connectivity index (χ1n) is 16.7. The molecular formula is C48H30. The average Bonchev–Trinajstić information content (AvgIpc) is 3.16. The van der Waals surface area contributed by atoms with Crippen molar-refractivity contribution in [3.05, 3.63) is 182 Å². The van der Waals surface area contributed by atoms with Crippen LogP contribution < -0.4 is 0 Å². The first-order valence-corrected chi connectivity index (χ1v) is 16.7. The fourth-order valence-corrected chi connectivity index (χ4v) is 8.01. The van der Waals surface area contributed by atoms with Gasteiger partial charge in [0.2, 0.25) is 0 Å². The lowest BCUT2D eigenvalue weighted by atomic mass is 9.95. The Morgan fingerprint density at radius 1 is 0.125 bits per heavy atom. The summed E-state index contributed by atoms with van der Waals surface area (Å²) in [4.78, 5) is 0. The predicted molar refractivity (Wildman–Crippen MR) is 210 cm³/mol. The van der Waals surface area contributed by atoms with Crippen LogP contribution in [0.5, 0.6) is 0 Å². The van der Waals surface area contributed by atoms with Crippen molar-refractivity contribution in [2.24, 2.45) is 0 Å². The Kier molecular flexibility index (Phi) is 5.98. The van der Waals surface area contributed by atoms with Gasteiger partial charge in [-0.05, 0) is 97.0 Å². The van der Waals surface area contributed by atoms with Gasteiger partial charge in [-0.15, -0.1) is 0 Å². The first-order chi connectivity index (χ1) is 23.8. The third kappa shape index (κ3) is 4.16. The van der Waals surface area contributed by atoms with E-state index in [1.807, 2.05) is 0 Å². The molecule has 0 spiro atoms. The van der Waals surface area contributed by atoms with Gasteiger partial charge in [0, 0.05) is 0 Å². The van der Waals surface area contributed by atoms with Gasteiger partial charge in [-0.1, -0.05) is 182 Å². The molecule has 48 heavy (non-hydrogen) atoms. The highest BCUT2D eigenvalue weighted by Crippen LogP contribution is 2.36. The third-order valence-corrected chi connectivity index (χ3v) is 10.2. The lowest BCUT2D eigenvalue weighted by Crippen LogP contribution is -1.82. The van der Waals surface area contributed by atoms with E-state index in [0.29, 0.717) is 0 Å². The van der Waals surface area contributed by atoms with Crippen LogP contribution in [-0.4, -0.2) is 0 Å². The highest BCUT2D eigenvalue weighted by molar-refractivity contribution is 6.25. The van der Waals surface area contributed by atoms with Crippen molar-refractivity contribution in [2.75, 3.05) is 0 Å². The zero-order valence-electron chi connectivity index (χ0n) is 26.3. The van der Waals surface area contributed by atoms with Crippen molar-refractivity contribution in [2.45, 2.75) is 0 Å². The fourth-order valence-electron chi connectivity index (χ4n) is 8.01. The molecule has 12 aromatic carbocycles. The first kappa shape index (κ1) is 26.9. The van der Waals surface area contributed by atoms with Gasteiger partial charge in [-0.25, -0.2) is 0 Å². The second-order valence-electron chi connectivity index (χ2n) is 12.9. The molecule has 0 fully saturated rings. The maximum Gasteiger partial charge on any atom is -0.00268 e. The number of benzene rings is 12. The van der Waals surface area contributed by atoms with Crippen molar-refractivity contribution < 1.29 is 0 Å². The van der Waals surface area contributed by atoms with Gasteiger partial charge in [0.25, 0.3) is 0 Å². The standard InChI is InChI=1S/3C16H10/c3*1-3-11-7-9-13-5-2-6-14-10-8-12(4-1)15(11)16(13)14/h3*1-10H. The monoisotopic (exact) mass is 606 g/mol. The van der Waals surface area contributed by atoms with E-state index in [9.17, 15) is 0 Å². The van der Waals surface area contributed by atoms with Crippen LogP contribution in [0.3, 0.4) is 0 Å². The second-order valence-corrected chi connectivity index (χ2v) is 12.9. The Bertz CT molecular complexity index is 2330. The minimum Gasteiger partial charge on any atom is -0.0610 e. The molecule has 0 aliphatic heterocycles. The zero-order valence-corrected chi connectivity index (χ0v) is 26.3. The molecule has 12 rings (SSSR count). The van der Waals surface area contributed by atoms with Crippen molar-refractivity contribution >= 4 is 97.0 Å². The summed E-state index contributed by atoms with van der Waals surface area (Å²) in [5.74, 6) is 0. The normalized spacial score (nSPS) is 11.8. The molecule has 0 amide bonds. The van der Waals surface area contributed by atoms with Crippen LogP contribution in [0.25, 0.3) is 97.0 Å². The number of hydrogen-bond donors (Lipinski definition) is 0. The van der Waals surface area contributed by atoms with Gasteiger partial charge in [0.05, 0.1) is 0 Å². The van der Waals surface area contributed by atoms with Crippen LogP contribution in [0.4, 0.5) is 0 Å². The van der Waals surface area contributed by atoms with Gasteiger partial charge in [-0.2, -0.15) is 0 Å². The summed E-state index contributed by atoms with van der Waals surface area (Å²) in [7, 11) is 0. The highest BCUT2D eigenvalue weighted by Gasteiger charge is 2.08. The third-order valence-electron chi connectivity index (χ3n) is 10.2. The molecule has 0 atom stereocenters. The Balaban J connectivity index is 0.0000000923. The van der Waals surface area contributed by atoms with Crippen LogP contribution in [0.1, 0.15) is 0 Å². The van der Waals surface area contributed by atoms with Crippen molar-refractivity contribution in [3.63, 3.8) is 0 Å². The summed E-state index contributed by atoms with van der Waals surface area (Å²) in [5, 5.41) is 24.4.